The number of rotatable bonds is 4. The summed E-state index contributed by atoms with van der Waals surface area (Å²) < 4.78 is 2.84. The Hall–Kier alpha value is -1.36. The first-order chi connectivity index (χ1) is 10.9. The zero-order valence-corrected chi connectivity index (χ0v) is 17.3. The molecule has 0 aromatic carbocycles. The first-order valence-corrected chi connectivity index (χ1v) is 9.22. The number of halogens is 1. The van der Waals surface area contributed by atoms with Crippen molar-refractivity contribution in [1.29, 1.82) is 0 Å². The second kappa shape index (κ2) is 6.51. The van der Waals surface area contributed by atoms with Crippen LogP contribution in [0.1, 0.15) is 69.7 Å². The van der Waals surface area contributed by atoms with Crippen molar-refractivity contribution in [3.05, 3.63) is 33.7 Å². The van der Waals surface area contributed by atoms with E-state index in [2.05, 4.69) is 60.8 Å². The van der Waals surface area contributed by atoms with E-state index in [1.807, 2.05) is 30.5 Å². The van der Waals surface area contributed by atoms with Crippen LogP contribution in [-0.2, 0) is 6.42 Å². The van der Waals surface area contributed by atoms with Gasteiger partial charge in [-0.2, -0.15) is 0 Å². The molecule has 2 aromatic heterocycles. The standard InChI is InChI=1S/C19H28BrN3O/c1-8-14-15(17(24)22-19(6,7)11-18(3,4)5)23-10-13(20)9-12(2)16(23)21-14/h9-10H,8,11H2,1-7H3,(H,22,24). The molecule has 0 aliphatic carbocycles. The highest BCUT2D eigenvalue weighted by molar-refractivity contribution is 9.10. The third-order valence-electron chi connectivity index (χ3n) is 3.92. The quantitative estimate of drug-likeness (QED) is 0.801. The largest absolute Gasteiger partial charge is 0.346 e. The van der Waals surface area contributed by atoms with Crippen LogP contribution in [0.15, 0.2) is 16.7 Å². The SMILES string of the molecule is CCc1nc2c(C)cc(Br)cn2c1C(=O)NC(C)(C)CC(C)(C)C. The third-order valence-corrected chi connectivity index (χ3v) is 4.35. The molecule has 1 N–H and O–H groups in total. The summed E-state index contributed by atoms with van der Waals surface area (Å²) in [4.78, 5) is 17.7. The average molecular weight is 394 g/mol. The van der Waals surface area contributed by atoms with Gasteiger partial charge in [-0.05, 0) is 66.6 Å². The monoisotopic (exact) mass is 393 g/mol. The number of aromatic nitrogens is 2. The molecule has 0 atom stereocenters. The highest BCUT2D eigenvalue weighted by atomic mass is 79.9. The van der Waals surface area contributed by atoms with Gasteiger partial charge in [-0.25, -0.2) is 4.98 Å². The zero-order valence-electron chi connectivity index (χ0n) is 15.7. The molecule has 0 saturated carbocycles. The van der Waals surface area contributed by atoms with Crippen molar-refractivity contribution in [2.24, 2.45) is 5.41 Å². The summed E-state index contributed by atoms with van der Waals surface area (Å²) in [6, 6.07) is 2.02. The number of hydrogen-bond donors (Lipinski definition) is 1. The molecule has 4 nitrogen and oxygen atoms in total. The molecule has 0 aliphatic heterocycles. The Bertz CT molecular complexity index is 769. The van der Waals surface area contributed by atoms with Gasteiger partial charge in [0, 0.05) is 16.2 Å². The van der Waals surface area contributed by atoms with Crippen LogP contribution in [0.25, 0.3) is 5.65 Å². The lowest BCUT2D eigenvalue weighted by Crippen LogP contribution is -2.46. The number of amides is 1. The Morgan fingerprint density at radius 1 is 1.29 bits per heavy atom. The Morgan fingerprint density at radius 2 is 1.92 bits per heavy atom. The molecule has 132 valence electrons. The van der Waals surface area contributed by atoms with Crippen LogP contribution in [-0.4, -0.2) is 20.8 Å². The van der Waals surface area contributed by atoms with Gasteiger partial charge in [0.15, 0.2) is 0 Å². The van der Waals surface area contributed by atoms with Crippen LogP contribution in [0.2, 0.25) is 0 Å². The number of carbonyl (C=O) groups is 1. The minimum absolute atomic E-state index is 0.0638. The number of carbonyl (C=O) groups excluding carboxylic acids is 1. The van der Waals surface area contributed by atoms with E-state index in [4.69, 9.17) is 0 Å². The Kier molecular flexibility index (Phi) is 5.14. The summed E-state index contributed by atoms with van der Waals surface area (Å²) >= 11 is 3.52. The highest BCUT2D eigenvalue weighted by Gasteiger charge is 2.29. The van der Waals surface area contributed by atoms with Crippen molar-refractivity contribution in [3.63, 3.8) is 0 Å². The van der Waals surface area contributed by atoms with E-state index in [-0.39, 0.29) is 16.9 Å². The van der Waals surface area contributed by atoms with Crippen LogP contribution in [0.4, 0.5) is 0 Å². The molecule has 2 aromatic rings. The lowest BCUT2D eigenvalue weighted by Gasteiger charge is -2.33. The summed E-state index contributed by atoms with van der Waals surface area (Å²) in [5, 5.41) is 3.21. The molecular formula is C19H28BrN3O. The predicted molar refractivity (Wildman–Crippen MR) is 103 cm³/mol. The van der Waals surface area contributed by atoms with E-state index in [1.54, 1.807) is 0 Å². The van der Waals surface area contributed by atoms with E-state index in [0.29, 0.717) is 5.69 Å². The summed E-state index contributed by atoms with van der Waals surface area (Å²) in [7, 11) is 0. The first kappa shape index (κ1) is 19.0. The highest BCUT2D eigenvalue weighted by Crippen LogP contribution is 2.28. The molecule has 0 bridgehead atoms. The number of nitrogens with one attached hydrogen (secondary N) is 1. The number of nitrogens with zero attached hydrogens (tertiary/aromatic N) is 2. The normalized spacial score (nSPS) is 12.7. The van der Waals surface area contributed by atoms with E-state index in [0.717, 1.165) is 34.2 Å². The summed E-state index contributed by atoms with van der Waals surface area (Å²) in [6.07, 6.45) is 3.54. The molecule has 5 heteroatoms. The molecular weight excluding hydrogens is 366 g/mol. The van der Waals surface area contributed by atoms with Gasteiger partial charge in [-0.3, -0.25) is 9.20 Å². The van der Waals surface area contributed by atoms with Crippen LogP contribution >= 0.6 is 15.9 Å². The van der Waals surface area contributed by atoms with Gasteiger partial charge in [-0.1, -0.05) is 27.7 Å². The van der Waals surface area contributed by atoms with Crippen molar-refractivity contribution in [1.82, 2.24) is 14.7 Å². The maximum Gasteiger partial charge on any atom is 0.270 e. The molecule has 2 heterocycles. The molecule has 2 rings (SSSR count). The van der Waals surface area contributed by atoms with Crippen molar-refractivity contribution in [3.8, 4) is 0 Å². The van der Waals surface area contributed by atoms with Gasteiger partial charge < -0.3 is 5.32 Å². The lowest BCUT2D eigenvalue weighted by atomic mass is 9.82. The smallest absolute Gasteiger partial charge is 0.270 e. The number of aryl methyl sites for hydroxylation is 2. The minimum atomic E-state index is -0.286. The van der Waals surface area contributed by atoms with Crippen molar-refractivity contribution in [2.75, 3.05) is 0 Å². The van der Waals surface area contributed by atoms with E-state index >= 15 is 0 Å². The van der Waals surface area contributed by atoms with Crippen LogP contribution in [0.5, 0.6) is 0 Å². The van der Waals surface area contributed by atoms with E-state index < -0.39 is 0 Å². The topological polar surface area (TPSA) is 46.4 Å². The minimum Gasteiger partial charge on any atom is -0.346 e. The summed E-state index contributed by atoms with van der Waals surface area (Å²) in [5.41, 5.74) is 3.22. The molecule has 0 unspecified atom stereocenters. The molecule has 0 radical (unpaired) electrons. The van der Waals surface area contributed by atoms with Gasteiger partial charge >= 0.3 is 0 Å². The van der Waals surface area contributed by atoms with E-state index in [9.17, 15) is 4.79 Å². The van der Waals surface area contributed by atoms with Crippen molar-refractivity contribution >= 4 is 27.5 Å². The molecule has 24 heavy (non-hydrogen) atoms. The van der Waals surface area contributed by atoms with Crippen LogP contribution < -0.4 is 5.32 Å². The molecule has 1 amide bonds. The second-order valence-corrected chi connectivity index (χ2v) is 9.29. The summed E-state index contributed by atoms with van der Waals surface area (Å²) in [6.45, 7) is 14.8. The fraction of sp³-hybridized carbons (Fsp3) is 0.579. The van der Waals surface area contributed by atoms with Gasteiger partial charge in [-0.15, -0.1) is 0 Å². The number of hydrogen-bond acceptors (Lipinski definition) is 2. The molecule has 0 fully saturated rings. The molecule has 0 spiro atoms. The van der Waals surface area contributed by atoms with Crippen molar-refractivity contribution in [2.45, 2.75) is 66.8 Å². The third kappa shape index (κ3) is 4.18. The van der Waals surface area contributed by atoms with Crippen LogP contribution in [0, 0.1) is 12.3 Å². The summed E-state index contributed by atoms with van der Waals surface area (Å²) in [5.74, 6) is -0.0638. The first-order valence-electron chi connectivity index (χ1n) is 8.43. The van der Waals surface area contributed by atoms with Gasteiger partial charge in [0.05, 0.1) is 5.69 Å². The van der Waals surface area contributed by atoms with Gasteiger partial charge in [0.2, 0.25) is 0 Å². The predicted octanol–water partition coefficient (Wildman–Crippen LogP) is 4.91. The molecule has 0 aliphatic rings. The second-order valence-electron chi connectivity index (χ2n) is 8.37. The molecule has 0 saturated heterocycles. The number of imidazole rings is 1. The lowest BCUT2D eigenvalue weighted by molar-refractivity contribution is 0.0884. The van der Waals surface area contributed by atoms with E-state index in [1.165, 1.54) is 0 Å². The average Bonchev–Trinajstić information content (AvgIpc) is 2.73. The maximum atomic E-state index is 13.0. The van der Waals surface area contributed by atoms with Crippen molar-refractivity contribution < 1.29 is 4.79 Å². The number of pyridine rings is 1. The maximum absolute atomic E-state index is 13.0. The Morgan fingerprint density at radius 3 is 2.46 bits per heavy atom. The Balaban J connectivity index is 2.46. The Labute approximate surface area is 153 Å². The fourth-order valence-electron chi connectivity index (χ4n) is 3.54. The van der Waals surface area contributed by atoms with Gasteiger partial charge in [0.25, 0.3) is 5.91 Å². The van der Waals surface area contributed by atoms with Gasteiger partial charge in [0.1, 0.15) is 11.3 Å². The van der Waals surface area contributed by atoms with Crippen LogP contribution in [0.3, 0.4) is 0 Å². The number of fused-ring (bicyclic) bond motifs is 1. The fourth-order valence-corrected chi connectivity index (χ4v) is 4.09. The zero-order chi connectivity index (χ0) is 18.3.